The van der Waals surface area contributed by atoms with Crippen LogP contribution in [0.4, 0.5) is 0 Å². The summed E-state index contributed by atoms with van der Waals surface area (Å²) in [4.78, 5) is 0. The summed E-state index contributed by atoms with van der Waals surface area (Å²) in [5.41, 5.74) is -0.143. The second-order valence-electron chi connectivity index (χ2n) is 8.71. The molecule has 0 bridgehead atoms. The number of hydrogen-bond donors (Lipinski definition) is 2. The van der Waals surface area contributed by atoms with Crippen molar-refractivity contribution in [1.82, 2.24) is 0 Å². The van der Waals surface area contributed by atoms with Crippen LogP contribution in [0.25, 0.3) is 0 Å². The Labute approximate surface area is 111 Å². The maximum atomic E-state index is 10.9. The van der Waals surface area contributed by atoms with Gasteiger partial charge in [0.2, 0.25) is 0 Å². The number of hydrogen-bond acceptors (Lipinski definition) is 2. The van der Waals surface area contributed by atoms with Gasteiger partial charge in [0, 0.05) is 5.41 Å². The van der Waals surface area contributed by atoms with E-state index in [1.165, 1.54) is 0 Å². The van der Waals surface area contributed by atoms with Crippen molar-refractivity contribution >= 4 is 0 Å². The molecule has 104 valence electrons. The lowest BCUT2D eigenvalue weighted by atomic mass is 9.40. The minimum atomic E-state index is -0.627. The lowest BCUT2D eigenvalue weighted by Crippen LogP contribution is -2.65. The first-order valence-electron chi connectivity index (χ1n) is 7.45. The Morgan fingerprint density at radius 3 is 2.22 bits per heavy atom. The summed E-state index contributed by atoms with van der Waals surface area (Å²) in [6.45, 7) is 11.2. The van der Waals surface area contributed by atoms with Gasteiger partial charge in [-0.15, -0.1) is 0 Å². The molecule has 3 aliphatic rings. The Hall–Kier alpha value is -0.0800. The molecule has 2 heteroatoms. The van der Waals surface area contributed by atoms with E-state index in [1.54, 1.807) is 0 Å². The zero-order valence-electron chi connectivity index (χ0n) is 12.5. The van der Waals surface area contributed by atoms with Crippen LogP contribution in [0.3, 0.4) is 0 Å². The SMILES string of the molecule is CC1(C)CC2(C)C1C1CC1(C)C(O)CCC2(C)O. The van der Waals surface area contributed by atoms with Gasteiger partial charge >= 0.3 is 0 Å². The molecule has 3 saturated carbocycles. The molecule has 0 aliphatic heterocycles. The molecule has 6 unspecified atom stereocenters. The zero-order chi connectivity index (χ0) is 13.6. The predicted molar refractivity (Wildman–Crippen MR) is 72.1 cm³/mol. The summed E-state index contributed by atoms with van der Waals surface area (Å²) >= 11 is 0. The molecule has 0 spiro atoms. The molecule has 0 aromatic heterocycles. The van der Waals surface area contributed by atoms with Crippen molar-refractivity contribution < 1.29 is 10.2 Å². The average molecular weight is 252 g/mol. The third-order valence-electron chi connectivity index (χ3n) is 7.00. The summed E-state index contributed by atoms with van der Waals surface area (Å²) in [7, 11) is 0. The van der Waals surface area contributed by atoms with E-state index in [0.29, 0.717) is 17.3 Å². The fourth-order valence-electron chi connectivity index (χ4n) is 5.74. The Morgan fingerprint density at radius 1 is 1.06 bits per heavy atom. The average Bonchev–Trinajstić information content (AvgIpc) is 2.84. The molecule has 3 fully saturated rings. The van der Waals surface area contributed by atoms with Crippen molar-refractivity contribution in [2.45, 2.75) is 72.0 Å². The highest BCUT2D eigenvalue weighted by Gasteiger charge is 2.73. The van der Waals surface area contributed by atoms with Crippen LogP contribution in [-0.4, -0.2) is 21.9 Å². The first-order valence-corrected chi connectivity index (χ1v) is 7.45. The largest absolute Gasteiger partial charge is 0.393 e. The van der Waals surface area contributed by atoms with E-state index in [9.17, 15) is 10.2 Å². The number of fused-ring (bicyclic) bond motifs is 3. The van der Waals surface area contributed by atoms with Gasteiger partial charge in [-0.2, -0.15) is 0 Å². The van der Waals surface area contributed by atoms with E-state index < -0.39 is 5.60 Å². The van der Waals surface area contributed by atoms with Gasteiger partial charge < -0.3 is 10.2 Å². The van der Waals surface area contributed by atoms with Crippen LogP contribution in [0.2, 0.25) is 0 Å². The molecule has 0 heterocycles. The van der Waals surface area contributed by atoms with Crippen molar-refractivity contribution in [2.75, 3.05) is 0 Å². The van der Waals surface area contributed by atoms with Gasteiger partial charge in [-0.05, 0) is 55.3 Å². The summed E-state index contributed by atoms with van der Waals surface area (Å²) in [6, 6.07) is 0. The molecule has 0 saturated heterocycles. The Balaban J connectivity index is 2.00. The summed E-state index contributed by atoms with van der Waals surface area (Å²) in [5.74, 6) is 1.16. The fraction of sp³-hybridized carbons (Fsp3) is 1.00. The monoisotopic (exact) mass is 252 g/mol. The lowest BCUT2D eigenvalue weighted by molar-refractivity contribution is -0.233. The van der Waals surface area contributed by atoms with Gasteiger partial charge in [0.05, 0.1) is 11.7 Å². The summed E-state index contributed by atoms with van der Waals surface area (Å²) < 4.78 is 0. The van der Waals surface area contributed by atoms with Crippen LogP contribution in [0.15, 0.2) is 0 Å². The molecule has 0 radical (unpaired) electrons. The topological polar surface area (TPSA) is 40.5 Å². The van der Waals surface area contributed by atoms with Crippen LogP contribution in [0.1, 0.15) is 60.3 Å². The lowest BCUT2D eigenvalue weighted by Gasteiger charge is -2.66. The van der Waals surface area contributed by atoms with E-state index in [-0.39, 0.29) is 16.9 Å². The van der Waals surface area contributed by atoms with Crippen molar-refractivity contribution in [3.63, 3.8) is 0 Å². The Morgan fingerprint density at radius 2 is 1.67 bits per heavy atom. The summed E-state index contributed by atoms with van der Waals surface area (Å²) in [6.07, 6.45) is 3.52. The molecule has 0 amide bonds. The van der Waals surface area contributed by atoms with Gasteiger partial charge in [-0.3, -0.25) is 0 Å². The first kappa shape index (κ1) is 12.9. The van der Waals surface area contributed by atoms with E-state index >= 15 is 0 Å². The molecule has 3 aliphatic carbocycles. The van der Waals surface area contributed by atoms with Gasteiger partial charge in [0.25, 0.3) is 0 Å². The number of aliphatic hydroxyl groups is 2. The molecule has 0 aromatic carbocycles. The van der Waals surface area contributed by atoms with Crippen molar-refractivity contribution in [3.05, 3.63) is 0 Å². The van der Waals surface area contributed by atoms with Crippen LogP contribution in [-0.2, 0) is 0 Å². The highest BCUT2D eigenvalue weighted by atomic mass is 16.3. The third kappa shape index (κ3) is 1.31. The molecular formula is C16H28O2. The van der Waals surface area contributed by atoms with Crippen molar-refractivity contribution in [1.29, 1.82) is 0 Å². The molecule has 3 rings (SSSR count). The van der Waals surface area contributed by atoms with Crippen molar-refractivity contribution in [2.24, 2.45) is 28.1 Å². The van der Waals surface area contributed by atoms with Gasteiger partial charge in [-0.25, -0.2) is 0 Å². The Bertz CT molecular complexity index is 387. The minimum absolute atomic E-state index is 0.0407. The van der Waals surface area contributed by atoms with Gasteiger partial charge in [-0.1, -0.05) is 27.7 Å². The predicted octanol–water partition coefficient (Wildman–Crippen LogP) is 2.97. The molecule has 2 N–H and O–H groups in total. The first-order chi connectivity index (χ1) is 8.05. The third-order valence-corrected chi connectivity index (χ3v) is 7.00. The van der Waals surface area contributed by atoms with E-state index in [4.69, 9.17) is 0 Å². The molecule has 18 heavy (non-hydrogen) atoms. The van der Waals surface area contributed by atoms with Crippen LogP contribution >= 0.6 is 0 Å². The number of aliphatic hydroxyl groups excluding tert-OH is 1. The van der Waals surface area contributed by atoms with Crippen molar-refractivity contribution in [3.8, 4) is 0 Å². The fourth-order valence-corrected chi connectivity index (χ4v) is 5.74. The highest BCUT2D eigenvalue weighted by molar-refractivity contribution is 5.22. The zero-order valence-corrected chi connectivity index (χ0v) is 12.5. The Kier molecular flexibility index (Phi) is 2.26. The smallest absolute Gasteiger partial charge is 0.0677 e. The van der Waals surface area contributed by atoms with E-state index in [0.717, 1.165) is 25.7 Å². The molecule has 6 atom stereocenters. The second-order valence-corrected chi connectivity index (χ2v) is 8.71. The van der Waals surface area contributed by atoms with E-state index in [2.05, 4.69) is 27.7 Å². The van der Waals surface area contributed by atoms with Gasteiger partial charge in [0.15, 0.2) is 0 Å². The maximum absolute atomic E-state index is 10.9. The van der Waals surface area contributed by atoms with Gasteiger partial charge in [0.1, 0.15) is 0 Å². The second kappa shape index (κ2) is 3.15. The van der Waals surface area contributed by atoms with Crippen LogP contribution in [0.5, 0.6) is 0 Å². The van der Waals surface area contributed by atoms with Crippen LogP contribution in [0, 0.1) is 28.1 Å². The van der Waals surface area contributed by atoms with Crippen LogP contribution < -0.4 is 0 Å². The maximum Gasteiger partial charge on any atom is 0.0677 e. The molecule has 0 aromatic rings. The quantitative estimate of drug-likeness (QED) is 0.696. The normalized spacial score (nSPS) is 61.8. The highest BCUT2D eigenvalue weighted by Crippen LogP contribution is 2.76. The number of rotatable bonds is 0. The standard InChI is InChI=1S/C16H28O2/c1-13(2)9-15(4)12(13)10-8-14(10,3)11(17)6-7-16(15,5)18/h10-12,17-18H,6-9H2,1-5H3. The van der Waals surface area contributed by atoms with E-state index in [1.807, 2.05) is 6.92 Å². The molecular weight excluding hydrogens is 224 g/mol. The molecule has 2 nitrogen and oxygen atoms in total. The summed E-state index contributed by atoms with van der Waals surface area (Å²) in [5, 5.41) is 21.3. The minimum Gasteiger partial charge on any atom is -0.393 e.